The van der Waals surface area contributed by atoms with Crippen LogP contribution in [0.1, 0.15) is 68.9 Å². The van der Waals surface area contributed by atoms with E-state index in [4.69, 9.17) is 5.26 Å². The van der Waals surface area contributed by atoms with Crippen LogP contribution >= 0.6 is 0 Å². The molecule has 1 aliphatic carbocycles. The van der Waals surface area contributed by atoms with E-state index in [0.717, 1.165) is 6.42 Å². The first kappa shape index (κ1) is 16.7. The van der Waals surface area contributed by atoms with Gasteiger partial charge in [0.15, 0.2) is 5.83 Å². The number of nitriles is 1. The first-order chi connectivity index (χ1) is 10.7. The quantitative estimate of drug-likeness (QED) is 0.585. The van der Waals surface area contributed by atoms with Crippen LogP contribution in [0, 0.1) is 17.2 Å². The number of rotatable bonds is 6. The van der Waals surface area contributed by atoms with Gasteiger partial charge in [-0.1, -0.05) is 37.6 Å². The lowest BCUT2D eigenvalue weighted by atomic mass is 9.77. The second-order valence-corrected chi connectivity index (χ2v) is 6.45. The minimum atomic E-state index is -0.638. The van der Waals surface area contributed by atoms with Crippen molar-refractivity contribution >= 4 is 0 Å². The molecule has 118 valence electrons. The molecule has 0 atom stereocenters. The third-order valence-electron chi connectivity index (χ3n) is 4.84. The number of halogens is 1. The molecule has 0 N–H and O–H groups in total. The van der Waals surface area contributed by atoms with E-state index in [1.807, 2.05) is 0 Å². The van der Waals surface area contributed by atoms with E-state index < -0.39 is 5.83 Å². The van der Waals surface area contributed by atoms with Crippen molar-refractivity contribution in [2.75, 3.05) is 0 Å². The summed E-state index contributed by atoms with van der Waals surface area (Å²) in [5, 5.41) is 8.39. The summed E-state index contributed by atoms with van der Waals surface area (Å²) < 4.78 is 12.8. The second kappa shape index (κ2) is 8.73. The largest absolute Gasteiger partial charge is 0.196 e. The molecule has 1 aromatic carbocycles. The summed E-state index contributed by atoms with van der Waals surface area (Å²) in [6.45, 7) is 2.22. The highest BCUT2D eigenvalue weighted by atomic mass is 19.1. The fourth-order valence-corrected chi connectivity index (χ4v) is 3.52. The highest BCUT2D eigenvalue weighted by Gasteiger charge is 2.21. The first-order valence-corrected chi connectivity index (χ1v) is 8.57. The highest BCUT2D eigenvalue weighted by molar-refractivity contribution is 5.25. The number of allylic oxidation sites excluding steroid dienone is 2. The molecule has 0 saturated heterocycles. The van der Waals surface area contributed by atoms with Gasteiger partial charge in [-0.2, -0.15) is 9.65 Å². The van der Waals surface area contributed by atoms with Gasteiger partial charge in [-0.25, -0.2) is 0 Å². The lowest BCUT2D eigenvalue weighted by Crippen LogP contribution is -2.13. The van der Waals surface area contributed by atoms with Gasteiger partial charge in [0.05, 0.1) is 0 Å². The lowest BCUT2D eigenvalue weighted by Gasteiger charge is -2.28. The van der Waals surface area contributed by atoms with Gasteiger partial charge in [0, 0.05) is 0 Å². The molecule has 0 amide bonds. The van der Waals surface area contributed by atoms with Crippen LogP contribution in [0.4, 0.5) is 4.39 Å². The van der Waals surface area contributed by atoms with E-state index in [2.05, 4.69) is 31.2 Å². The van der Waals surface area contributed by atoms with E-state index in [-0.39, 0.29) is 0 Å². The molecule has 22 heavy (non-hydrogen) atoms. The summed E-state index contributed by atoms with van der Waals surface area (Å²) in [6.07, 6.45) is 10.4. The molecule has 0 spiro atoms. The predicted octanol–water partition coefficient (Wildman–Crippen LogP) is 6.07. The van der Waals surface area contributed by atoms with Crippen LogP contribution in [0.2, 0.25) is 0 Å². The average molecular weight is 299 g/mol. The van der Waals surface area contributed by atoms with Gasteiger partial charge in [0.2, 0.25) is 0 Å². The van der Waals surface area contributed by atoms with Crippen molar-refractivity contribution in [1.82, 2.24) is 0 Å². The van der Waals surface area contributed by atoms with Crippen molar-refractivity contribution in [2.45, 2.75) is 64.2 Å². The Morgan fingerprint density at radius 2 is 1.91 bits per heavy atom. The van der Waals surface area contributed by atoms with Gasteiger partial charge in [-0.05, 0) is 74.0 Å². The molecule has 1 aliphatic rings. The van der Waals surface area contributed by atoms with Crippen molar-refractivity contribution in [3.05, 3.63) is 47.3 Å². The molecular formula is C20H26FN. The molecule has 1 nitrogen and oxygen atoms in total. The molecule has 1 aromatic rings. The minimum Gasteiger partial charge on any atom is -0.195 e. The SMILES string of the molecule is CCCc1ccc([C@H]2CC[C@H](CC/C=C(\F)C#N)CC2)cc1. The Morgan fingerprint density at radius 3 is 2.50 bits per heavy atom. The van der Waals surface area contributed by atoms with Gasteiger partial charge in [-0.15, -0.1) is 0 Å². The van der Waals surface area contributed by atoms with E-state index >= 15 is 0 Å². The van der Waals surface area contributed by atoms with Crippen molar-refractivity contribution in [3.8, 4) is 6.07 Å². The van der Waals surface area contributed by atoms with Gasteiger partial charge in [-0.3, -0.25) is 0 Å². The summed E-state index contributed by atoms with van der Waals surface area (Å²) >= 11 is 0. The molecular weight excluding hydrogens is 273 g/mol. The van der Waals surface area contributed by atoms with Crippen molar-refractivity contribution in [3.63, 3.8) is 0 Å². The Morgan fingerprint density at radius 1 is 1.23 bits per heavy atom. The summed E-state index contributed by atoms with van der Waals surface area (Å²) in [7, 11) is 0. The van der Waals surface area contributed by atoms with Crippen LogP contribution in [0.25, 0.3) is 0 Å². The van der Waals surface area contributed by atoms with Gasteiger partial charge in [0.25, 0.3) is 0 Å². The maximum absolute atomic E-state index is 12.8. The zero-order chi connectivity index (χ0) is 15.8. The normalized spacial score (nSPS) is 22.3. The van der Waals surface area contributed by atoms with Crippen molar-refractivity contribution in [1.29, 1.82) is 5.26 Å². The van der Waals surface area contributed by atoms with E-state index in [0.29, 0.717) is 18.3 Å². The van der Waals surface area contributed by atoms with Crippen LogP contribution < -0.4 is 0 Å². The molecule has 1 fully saturated rings. The van der Waals surface area contributed by atoms with Crippen molar-refractivity contribution in [2.24, 2.45) is 5.92 Å². The summed E-state index contributed by atoms with van der Waals surface area (Å²) in [5.41, 5.74) is 2.92. The number of aryl methyl sites for hydroxylation is 1. The van der Waals surface area contributed by atoms with E-state index in [1.165, 1.54) is 61.8 Å². The average Bonchev–Trinajstić information content (AvgIpc) is 2.56. The number of benzene rings is 1. The van der Waals surface area contributed by atoms with Crippen LogP contribution in [0.15, 0.2) is 36.2 Å². The fraction of sp³-hybridized carbons (Fsp3) is 0.550. The van der Waals surface area contributed by atoms with E-state index in [1.54, 1.807) is 0 Å². The monoisotopic (exact) mass is 299 g/mol. The van der Waals surface area contributed by atoms with E-state index in [9.17, 15) is 4.39 Å². The molecule has 2 rings (SSSR count). The Hall–Kier alpha value is -1.62. The minimum absolute atomic E-state index is 0.638. The maximum atomic E-state index is 12.8. The fourth-order valence-electron chi connectivity index (χ4n) is 3.52. The molecule has 1 saturated carbocycles. The molecule has 0 bridgehead atoms. The standard InChI is InChI=1S/C20H26FN/c1-2-4-16-7-11-18(12-8-16)19-13-9-17(10-14-19)5-3-6-20(21)15-22/h6-8,11-12,17,19H,2-5,9-10,13-14H2,1H3/b20-6-/t17-,19-. The Balaban J connectivity index is 1.78. The lowest BCUT2D eigenvalue weighted by molar-refractivity contribution is 0.311. The number of nitrogens with zero attached hydrogens (tertiary/aromatic N) is 1. The molecule has 0 unspecified atom stereocenters. The summed E-state index contributed by atoms with van der Waals surface area (Å²) in [6, 6.07) is 10.7. The van der Waals surface area contributed by atoms with Gasteiger partial charge in [0.1, 0.15) is 6.07 Å². The first-order valence-electron chi connectivity index (χ1n) is 8.57. The van der Waals surface area contributed by atoms with Crippen LogP contribution in [0.3, 0.4) is 0 Å². The topological polar surface area (TPSA) is 23.8 Å². The summed E-state index contributed by atoms with van der Waals surface area (Å²) in [5.74, 6) is 0.748. The number of hydrogen-bond donors (Lipinski definition) is 0. The molecule has 0 aromatic heterocycles. The zero-order valence-corrected chi connectivity index (χ0v) is 13.5. The third-order valence-corrected chi connectivity index (χ3v) is 4.84. The third kappa shape index (κ3) is 4.98. The van der Waals surface area contributed by atoms with Crippen LogP contribution in [-0.2, 0) is 6.42 Å². The number of hydrogen-bond acceptors (Lipinski definition) is 1. The molecule has 2 heteroatoms. The van der Waals surface area contributed by atoms with Gasteiger partial charge < -0.3 is 0 Å². The maximum Gasteiger partial charge on any atom is 0.196 e. The Labute approximate surface area is 133 Å². The predicted molar refractivity (Wildman–Crippen MR) is 89.2 cm³/mol. The highest BCUT2D eigenvalue weighted by Crippen LogP contribution is 2.37. The smallest absolute Gasteiger partial charge is 0.195 e. The molecule has 0 radical (unpaired) electrons. The zero-order valence-electron chi connectivity index (χ0n) is 13.5. The second-order valence-electron chi connectivity index (χ2n) is 6.45. The molecule has 0 heterocycles. The molecule has 0 aliphatic heterocycles. The summed E-state index contributed by atoms with van der Waals surface area (Å²) in [4.78, 5) is 0. The van der Waals surface area contributed by atoms with Crippen LogP contribution in [-0.4, -0.2) is 0 Å². The Bertz CT molecular complexity index is 516. The van der Waals surface area contributed by atoms with Gasteiger partial charge >= 0.3 is 0 Å². The van der Waals surface area contributed by atoms with Crippen LogP contribution in [0.5, 0.6) is 0 Å². The van der Waals surface area contributed by atoms with Crippen molar-refractivity contribution < 1.29 is 4.39 Å². The Kier molecular flexibility index (Phi) is 6.65.